The topological polar surface area (TPSA) is 82.1 Å². The van der Waals surface area contributed by atoms with Crippen LogP contribution in [0.3, 0.4) is 0 Å². The van der Waals surface area contributed by atoms with Crippen LogP contribution in [0, 0.1) is 0 Å². The smallest absolute Gasteiger partial charge is 0.254 e. The van der Waals surface area contributed by atoms with Crippen LogP contribution in [0.4, 0.5) is 0 Å². The fourth-order valence-corrected chi connectivity index (χ4v) is 4.71. The Hall–Kier alpha value is -2.90. The molecule has 1 aliphatic rings. The molecule has 0 aliphatic carbocycles. The van der Waals surface area contributed by atoms with E-state index in [1.807, 2.05) is 36.4 Å². The molecule has 1 unspecified atom stereocenters. The highest BCUT2D eigenvalue weighted by Crippen LogP contribution is 2.33. The summed E-state index contributed by atoms with van der Waals surface area (Å²) in [5.41, 5.74) is 2.41. The monoisotopic (exact) mass is 481 g/mol. The van der Waals surface area contributed by atoms with Crippen molar-refractivity contribution < 1.29 is 19.4 Å². The third kappa shape index (κ3) is 6.83. The molecule has 3 rings (SSSR count). The lowest BCUT2D eigenvalue weighted by Crippen LogP contribution is -2.49. The van der Waals surface area contributed by atoms with Crippen molar-refractivity contribution in [3.05, 3.63) is 65.2 Å². The molecule has 0 bridgehead atoms. The predicted octanol–water partition coefficient (Wildman–Crippen LogP) is 3.42. The third-order valence-corrected chi connectivity index (χ3v) is 6.44. The van der Waals surface area contributed by atoms with E-state index in [4.69, 9.17) is 9.84 Å². The predicted molar refractivity (Wildman–Crippen MR) is 138 cm³/mol. The summed E-state index contributed by atoms with van der Waals surface area (Å²) in [5, 5.41) is 12.1. The number of ether oxygens (including phenoxy) is 1. The van der Waals surface area contributed by atoms with Crippen molar-refractivity contribution in [2.75, 3.05) is 32.8 Å². The number of hydrogen-bond acceptors (Lipinski definition) is 5. The number of carbonyl (C=O) groups is 2. The second-order valence-corrected chi connectivity index (χ2v) is 9.52. The van der Waals surface area contributed by atoms with Crippen LogP contribution in [-0.4, -0.2) is 71.7 Å². The van der Waals surface area contributed by atoms with Gasteiger partial charge in [-0.2, -0.15) is 0 Å². The molecule has 7 heteroatoms. The number of aliphatic hydroxyl groups is 1. The molecule has 0 saturated heterocycles. The van der Waals surface area contributed by atoms with E-state index < -0.39 is 6.04 Å². The number of nitrogens with zero attached hydrogens (tertiary/aromatic N) is 2. The highest BCUT2D eigenvalue weighted by atomic mass is 16.5. The van der Waals surface area contributed by atoms with Crippen LogP contribution >= 0.6 is 0 Å². The standard InChI is InChI=1S/C28H39N3O4/c1-20(2)30(21(3)4)16-14-29-27(33)26-25-12-11-24(35-18-8-17-32)19-23(25)13-15-31(26)28(34)22-9-6-5-7-10-22/h5-7,9-12,19-21,26,32H,8,13-18H2,1-4H3,(H,29,33). The van der Waals surface area contributed by atoms with Gasteiger partial charge >= 0.3 is 0 Å². The summed E-state index contributed by atoms with van der Waals surface area (Å²) in [6.45, 7) is 10.8. The first kappa shape index (κ1) is 26.7. The molecule has 0 saturated carbocycles. The molecule has 1 aliphatic heterocycles. The van der Waals surface area contributed by atoms with E-state index in [-0.39, 0.29) is 18.4 Å². The molecule has 0 fully saturated rings. The summed E-state index contributed by atoms with van der Waals surface area (Å²) in [4.78, 5) is 31.0. The van der Waals surface area contributed by atoms with Crippen molar-refractivity contribution in [1.29, 1.82) is 0 Å². The molecular formula is C28H39N3O4. The highest BCUT2D eigenvalue weighted by molar-refractivity contribution is 5.98. The van der Waals surface area contributed by atoms with E-state index in [9.17, 15) is 9.59 Å². The van der Waals surface area contributed by atoms with Crippen LogP contribution in [0.25, 0.3) is 0 Å². The average Bonchev–Trinajstić information content (AvgIpc) is 2.85. The van der Waals surface area contributed by atoms with Crippen LogP contribution in [-0.2, 0) is 11.2 Å². The number of carbonyl (C=O) groups excluding carboxylic acids is 2. The summed E-state index contributed by atoms with van der Waals surface area (Å²) in [7, 11) is 0. The second kappa shape index (κ2) is 12.7. The minimum Gasteiger partial charge on any atom is -0.493 e. The highest BCUT2D eigenvalue weighted by Gasteiger charge is 2.36. The van der Waals surface area contributed by atoms with Gasteiger partial charge in [0.1, 0.15) is 11.8 Å². The molecule has 0 spiro atoms. The quantitative estimate of drug-likeness (QED) is 0.481. The zero-order valence-corrected chi connectivity index (χ0v) is 21.4. The maximum atomic E-state index is 13.5. The summed E-state index contributed by atoms with van der Waals surface area (Å²) >= 11 is 0. The second-order valence-electron chi connectivity index (χ2n) is 9.52. The van der Waals surface area contributed by atoms with E-state index in [1.54, 1.807) is 17.0 Å². The first-order valence-corrected chi connectivity index (χ1v) is 12.6. The van der Waals surface area contributed by atoms with E-state index in [1.165, 1.54) is 0 Å². The van der Waals surface area contributed by atoms with Gasteiger partial charge in [0, 0.05) is 50.3 Å². The van der Waals surface area contributed by atoms with Crippen molar-refractivity contribution >= 4 is 11.8 Å². The van der Waals surface area contributed by atoms with Gasteiger partial charge in [0.05, 0.1) is 6.61 Å². The average molecular weight is 482 g/mol. The van der Waals surface area contributed by atoms with Gasteiger partial charge in [-0.3, -0.25) is 14.5 Å². The fraction of sp³-hybridized carbons (Fsp3) is 0.500. The number of rotatable bonds is 11. The first-order chi connectivity index (χ1) is 16.8. The Morgan fingerprint density at radius 1 is 1.11 bits per heavy atom. The number of hydrogen-bond donors (Lipinski definition) is 2. The maximum absolute atomic E-state index is 13.5. The molecule has 7 nitrogen and oxygen atoms in total. The molecular weight excluding hydrogens is 442 g/mol. The SMILES string of the molecule is CC(C)N(CCNC(=O)C1c2ccc(OCCCO)cc2CCN1C(=O)c1ccccc1)C(C)C. The Kier molecular flexibility index (Phi) is 9.69. The summed E-state index contributed by atoms with van der Waals surface area (Å²) in [5.74, 6) is 0.394. The van der Waals surface area contributed by atoms with Crippen LogP contribution in [0.1, 0.15) is 61.6 Å². The molecule has 0 aromatic heterocycles. The van der Waals surface area contributed by atoms with Crippen molar-refractivity contribution in [2.24, 2.45) is 0 Å². The number of fused-ring (bicyclic) bond motifs is 1. The molecule has 2 amide bonds. The minimum atomic E-state index is -0.704. The summed E-state index contributed by atoms with van der Waals surface area (Å²) in [6.07, 6.45) is 1.20. The van der Waals surface area contributed by atoms with Crippen LogP contribution in [0.5, 0.6) is 5.75 Å². The number of amides is 2. The van der Waals surface area contributed by atoms with Gasteiger partial charge in [-0.1, -0.05) is 24.3 Å². The van der Waals surface area contributed by atoms with E-state index in [0.29, 0.717) is 55.9 Å². The zero-order chi connectivity index (χ0) is 25.4. The largest absolute Gasteiger partial charge is 0.493 e. The van der Waals surface area contributed by atoms with Crippen LogP contribution in [0.15, 0.2) is 48.5 Å². The van der Waals surface area contributed by atoms with Crippen molar-refractivity contribution in [3.63, 3.8) is 0 Å². The number of nitrogens with one attached hydrogen (secondary N) is 1. The molecule has 2 aromatic carbocycles. The Bertz CT molecular complexity index is 969. The van der Waals surface area contributed by atoms with Gasteiger partial charge in [0.25, 0.3) is 5.91 Å². The Morgan fingerprint density at radius 3 is 2.49 bits per heavy atom. The number of benzene rings is 2. The van der Waals surface area contributed by atoms with Gasteiger partial charge in [-0.05, 0) is 69.5 Å². The Balaban J connectivity index is 1.83. The molecule has 2 N–H and O–H groups in total. The van der Waals surface area contributed by atoms with Gasteiger partial charge in [-0.15, -0.1) is 0 Å². The Labute approximate surface area is 209 Å². The maximum Gasteiger partial charge on any atom is 0.254 e. The zero-order valence-electron chi connectivity index (χ0n) is 21.4. The van der Waals surface area contributed by atoms with Gasteiger partial charge in [0.2, 0.25) is 5.91 Å². The van der Waals surface area contributed by atoms with E-state index in [0.717, 1.165) is 17.7 Å². The molecule has 1 atom stereocenters. The van der Waals surface area contributed by atoms with E-state index in [2.05, 4.69) is 37.9 Å². The molecule has 0 radical (unpaired) electrons. The third-order valence-electron chi connectivity index (χ3n) is 6.44. The normalized spacial score (nSPS) is 15.4. The van der Waals surface area contributed by atoms with E-state index >= 15 is 0 Å². The number of aliphatic hydroxyl groups excluding tert-OH is 1. The summed E-state index contributed by atoms with van der Waals surface area (Å²) in [6, 6.07) is 14.9. The molecule has 2 aromatic rings. The molecule has 35 heavy (non-hydrogen) atoms. The van der Waals surface area contributed by atoms with Crippen molar-refractivity contribution in [3.8, 4) is 5.75 Å². The minimum absolute atomic E-state index is 0.0782. The lowest BCUT2D eigenvalue weighted by atomic mass is 9.91. The lowest BCUT2D eigenvalue weighted by molar-refractivity contribution is -0.126. The van der Waals surface area contributed by atoms with Crippen molar-refractivity contribution in [2.45, 2.75) is 58.7 Å². The fourth-order valence-electron chi connectivity index (χ4n) is 4.71. The van der Waals surface area contributed by atoms with Gasteiger partial charge in [-0.25, -0.2) is 0 Å². The summed E-state index contributed by atoms with van der Waals surface area (Å²) < 4.78 is 5.74. The first-order valence-electron chi connectivity index (χ1n) is 12.6. The van der Waals surface area contributed by atoms with Gasteiger partial charge < -0.3 is 20.1 Å². The van der Waals surface area contributed by atoms with Gasteiger partial charge in [0.15, 0.2) is 0 Å². The molecule has 190 valence electrons. The van der Waals surface area contributed by atoms with Crippen LogP contribution in [0.2, 0.25) is 0 Å². The Morgan fingerprint density at radius 2 is 1.83 bits per heavy atom. The lowest BCUT2D eigenvalue weighted by Gasteiger charge is -2.37. The molecule has 1 heterocycles. The van der Waals surface area contributed by atoms with Crippen LogP contribution < -0.4 is 10.1 Å². The van der Waals surface area contributed by atoms with Crippen molar-refractivity contribution in [1.82, 2.24) is 15.1 Å².